The normalized spacial score (nSPS) is 13.6. The van der Waals surface area contributed by atoms with Crippen molar-refractivity contribution in [3.8, 4) is 0 Å². The third kappa shape index (κ3) is 7.43. The first-order valence-corrected chi connectivity index (χ1v) is 10.1. The predicted molar refractivity (Wildman–Crippen MR) is 93.6 cm³/mol. The number of hydrogen-bond donors (Lipinski definition) is 1. The van der Waals surface area contributed by atoms with Crippen molar-refractivity contribution < 1.29 is 8.42 Å². The van der Waals surface area contributed by atoms with Gasteiger partial charge in [-0.2, -0.15) is 0 Å². The van der Waals surface area contributed by atoms with Crippen LogP contribution in [0.2, 0.25) is 0 Å². The van der Waals surface area contributed by atoms with Crippen molar-refractivity contribution in [1.29, 1.82) is 0 Å². The smallest absolute Gasteiger partial charge is 0.150 e. The summed E-state index contributed by atoms with van der Waals surface area (Å²) in [6.07, 6.45) is 1.35. The van der Waals surface area contributed by atoms with Gasteiger partial charge in [0, 0.05) is 22.8 Å². The molecule has 0 amide bonds. The van der Waals surface area contributed by atoms with Crippen molar-refractivity contribution in [2.75, 3.05) is 18.1 Å². The molecule has 0 saturated carbocycles. The summed E-state index contributed by atoms with van der Waals surface area (Å²) in [4.78, 5) is 0. The molecular weight excluding hydrogens is 350 g/mol. The lowest BCUT2D eigenvalue weighted by Gasteiger charge is -2.20. The summed E-state index contributed by atoms with van der Waals surface area (Å²) < 4.78 is 24.9. The fourth-order valence-electron chi connectivity index (χ4n) is 2.26. The summed E-state index contributed by atoms with van der Waals surface area (Å²) in [5.41, 5.74) is 1.18. The Morgan fingerprint density at radius 3 is 2.52 bits per heavy atom. The van der Waals surface area contributed by atoms with Crippen molar-refractivity contribution in [2.24, 2.45) is 0 Å². The van der Waals surface area contributed by atoms with Gasteiger partial charge in [0.15, 0.2) is 0 Å². The molecule has 5 heteroatoms. The van der Waals surface area contributed by atoms with Crippen LogP contribution >= 0.6 is 15.9 Å². The van der Waals surface area contributed by atoms with E-state index in [1.54, 1.807) is 0 Å². The lowest BCUT2D eigenvalue weighted by molar-refractivity contribution is 0.516. The van der Waals surface area contributed by atoms with Gasteiger partial charge < -0.3 is 5.32 Å². The van der Waals surface area contributed by atoms with E-state index in [4.69, 9.17) is 0 Å². The van der Waals surface area contributed by atoms with Crippen LogP contribution in [0, 0.1) is 0 Å². The van der Waals surface area contributed by atoms with E-state index in [0.29, 0.717) is 18.9 Å². The summed E-state index contributed by atoms with van der Waals surface area (Å²) in [7, 11) is -2.92. The summed E-state index contributed by atoms with van der Waals surface area (Å²) >= 11 is 3.49. The molecule has 1 aromatic carbocycles. The minimum Gasteiger partial charge on any atom is -0.314 e. The number of benzene rings is 1. The number of nitrogens with one attached hydrogen (secondary N) is 1. The first-order valence-electron chi connectivity index (χ1n) is 7.53. The van der Waals surface area contributed by atoms with E-state index < -0.39 is 9.84 Å². The van der Waals surface area contributed by atoms with Crippen molar-refractivity contribution in [3.63, 3.8) is 0 Å². The average Bonchev–Trinajstić information content (AvgIpc) is 2.38. The number of hydrogen-bond acceptors (Lipinski definition) is 3. The first kappa shape index (κ1) is 18.7. The zero-order valence-corrected chi connectivity index (χ0v) is 15.5. The third-order valence-electron chi connectivity index (χ3n) is 3.39. The third-order valence-corrected chi connectivity index (χ3v) is 5.77. The van der Waals surface area contributed by atoms with E-state index in [1.807, 2.05) is 19.1 Å². The topological polar surface area (TPSA) is 46.2 Å². The predicted octanol–water partition coefficient (Wildman–Crippen LogP) is 3.75. The molecular formula is C16H26BrNO2S. The molecule has 0 aliphatic carbocycles. The van der Waals surface area contributed by atoms with E-state index in [9.17, 15) is 8.42 Å². The van der Waals surface area contributed by atoms with Gasteiger partial charge in [-0.05, 0) is 36.5 Å². The molecule has 0 radical (unpaired) electrons. The van der Waals surface area contributed by atoms with E-state index in [2.05, 4.69) is 47.2 Å². The van der Waals surface area contributed by atoms with Gasteiger partial charge in [-0.15, -0.1) is 0 Å². The van der Waals surface area contributed by atoms with Crippen LogP contribution in [0.4, 0.5) is 0 Å². The maximum Gasteiger partial charge on any atom is 0.150 e. The van der Waals surface area contributed by atoms with Crippen LogP contribution in [-0.2, 0) is 9.84 Å². The number of halogens is 1. The van der Waals surface area contributed by atoms with Crippen LogP contribution in [0.5, 0.6) is 0 Å². The largest absolute Gasteiger partial charge is 0.314 e. The van der Waals surface area contributed by atoms with Gasteiger partial charge in [-0.25, -0.2) is 8.42 Å². The molecule has 21 heavy (non-hydrogen) atoms. The number of rotatable bonds is 9. The zero-order chi connectivity index (χ0) is 15.9. The molecule has 0 heterocycles. The van der Waals surface area contributed by atoms with Gasteiger partial charge in [-0.1, -0.05) is 48.8 Å². The van der Waals surface area contributed by atoms with Crippen LogP contribution < -0.4 is 5.32 Å². The van der Waals surface area contributed by atoms with Crippen LogP contribution in [-0.4, -0.2) is 32.5 Å². The van der Waals surface area contributed by atoms with Crippen LogP contribution in [0.15, 0.2) is 28.7 Å². The highest BCUT2D eigenvalue weighted by Gasteiger charge is 2.17. The minimum absolute atomic E-state index is 0.219. The molecule has 1 rings (SSSR count). The maximum absolute atomic E-state index is 11.9. The lowest BCUT2D eigenvalue weighted by Crippen LogP contribution is -2.29. The van der Waals surface area contributed by atoms with Gasteiger partial charge >= 0.3 is 0 Å². The average molecular weight is 376 g/mol. The molecule has 3 nitrogen and oxygen atoms in total. The molecule has 0 bridgehead atoms. The second-order valence-corrected chi connectivity index (χ2v) is 8.97. The van der Waals surface area contributed by atoms with Crippen LogP contribution in [0.1, 0.15) is 45.1 Å². The Bertz CT molecular complexity index is 529. The molecule has 0 aliphatic rings. The zero-order valence-electron chi connectivity index (χ0n) is 13.1. The Balaban J connectivity index is 2.78. The van der Waals surface area contributed by atoms with E-state index >= 15 is 0 Å². The minimum atomic E-state index is -2.92. The molecule has 0 saturated heterocycles. The molecule has 1 aromatic rings. The summed E-state index contributed by atoms with van der Waals surface area (Å²) in [6.45, 7) is 6.91. The Morgan fingerprint density at radius 2 is 1.95 bits per heavy atom. The van der Waals surface area contributed by atoms with Crippen LogP contribution in [0.3, 0.4) is 0 Å². The maximum atomic E-state index is 11.9. The highest BCUT2D eigenvalue weighted by atomic mass is 79.9. The summed E-state index contributed by atoms with van der Waals surface area (Å²) in [6, 6.07) is 8.54. The van der Waals surface area contributed by atoms with E-state index in [0.717, 1.165) is 11.0 Å². The molecule has 0 aromatic heterocycles. The van der Waals surface area contributed by atoms with Gasteiger partial charge in [0.25, 0.3) is 0 Å². The highest BCUT2D eigenvalue weighted by Crippen LogP contribution is 2.23. The standard InChI is InChI=1S/C16H26BrNO2S/c1-4-9-21(19,20)10-8-15(12-18-13(2)3)14-6-5-7-16(17)11-14/h5-7,11,13,15,18H,4,8-10,12H2,1-3H3. The molecule has 0 aliphatic heterocycles. The second kappa shape index (κ2) is 8.91. The SMILES string of the molecule is CCCS(=O)(=O)CCC(CNC(C)C)c1cccc(Br)c1. The van der Waals surface area contributed by atoms with E-state index in [1.165, 1.54) is 5.56 Å². The van der Waals surface area contributed by atoms with Gasteiger partial charge in [0.2, 0.25) is 0 Å². The Labute approximate surface area is 137 Å². The Kier molecular flexibility index (Phi) is 7.92. The summed E-state index contributed by atoms with van der Waals surface area (Å²) in [5.74, 6) is 0.768. The van der Waals surface area contributed by atoms with E-state index in [-0.39, 0.29) is 17.4 Å². The molecule has 0 fully saturated rings. The molecule has 1 N–H and O–H groups in total. The van der Waals surface area contributed by atoms with Crippen molar-refractivity contribution in [3.05, 3.63) is 34.3 Å². The number of sulfone groups is 1. The molecule has 1 unspecified atom stereocenters. The Hall–Kier alpha value is -0.390. The molecule has 1 atom stereocenters. The fourth-order valence-corrected chi connectivity index (χ4v) is 4.15. The second-order valence-electron chi connectivity index (χ2n) is 5.76. The quantitative estimate of drug-likeness (QED) is 0.714. The monoisotopic (exact) mass is 375 g/mol. The van der Waals surface area contributed by atoms with Crippen LogP contribution in [0.25, 0.3) is 0 Å². The fraction of sp³-hybridized carbons (Fsp3) is 0.625. The highest BCUT2D eigenvalue weighted by molar-refractivity contribution is 9.10. The summed E-state index contributed by atoms with van der Waals surface area (Å²) in [5, 5.41) is 3.42. The lowest BCUT2D eigenvalue weighted by atomic mass is 9.96. The van der Waals surface area contributed by atoms with Crippen molar-refractivity contribution in [2.45, 2.75) is 45.6 Å². The van der Waals surface area contributed by atoms with Gasteiger partial charge in [0.1, 0.15) is 9.84 Å². The van der Waals surface area contributed by atoms with Gasteiger partial charge in [-0.3, -0.25) is 0 Å². The molecule has 120 valence electrons. The molecule has 0 spiro atoms. The van der Waals surface area contributed by atoms with Crippen molar-refractivity contribution in [1.82, 2.24) is 5.32 Å². The Morgan fingerprint density at radius 1 is 1.24 bits per heavy atom. The van der Waals surface area contributed by atoms with Crippen molar-refractivity contribution >= 4 is 25.8 Å². The van der Waals surface area contributed by atoms with Gasteiger partial charge in [0.05, 0.1) is 5.75 Å². The first-order chi connectivity index (χ1) is 9.84.